The number of rotatable bonds is 9. The largest absolute Gasteiger partial charge is 0.376 e. The lowest BCUT2D eigenvalue weighted by Crippen LogP contribution is -2.40. The molecule has 5 rings (SSSR count). The smallest absolute Gasteiger partial charge is 0.228 e. The van der Waals surface area contributed by atoms with Crippen LogP contribution in [0.5, 0.6) is 0 Å². The van der Waals surface area contributed by atoms with Gasteiger partial charge in [-0.2, -0.15) is 0 Å². The summed E-state index contributed by atoms with van der Waals surface area (Å²) in [5.41, 5.74) is 2.65. The lowest BCUT2D eigenvalue weighted by atomic mass is 9.95. The van der Waals surface area contributed by atoms with Crippen LogP contribution in [0, 0.1) is 12.8 Å². The summed E-state index contributed by atoms with van der Waals surface area (Å²) in [6, 6.07) is 7.76. The van der Waals surface area contributed by atoms with Gasteiger partial charge >= 0.3 is 0 Å². The molecule has 1 amide bonds. The Morgan fingerprint density at radius 2 is 1.81 bits per heavy atom. The van der Waals surface area contributed by atoms with Crippen molar-refractivity contribution in [3.05, 3.63) is 47.3 Å². The summed E-state index contributed by atoms with van der Waals surface area (Å²) in [5, 5.41) is 0.154. The second-order valence-electron chi connectivity index (χ2n) is 11.3. The highest BCUT2D eigenvalue weighted by Crippen LogP contribution is 2.34. The van der Waals surface area contributed by atoms with E-state index in [-0.39, 0.29) is 34.9 Å². The Morgan fingerprint density at radius 1 is 1.05 bits per heavy atom. The Bertz CT molecular complexity index is 1170. The van der Waals surface area contributed by atoms with Gasteiger partial charge in [0.25, 0.3) is 0 Å². The molecule has 0 radical (unpaired) electrons. The van der Waals surface area contributed by atoms with Crippen LogP contribution in [0.3, 0.4) is 0 Å². The topological polar surface area (TPSA) is 81.5 Å². The first-order valence-electron chi connectivity index (χ1n) is 14.2. The van der Waals surface area contributed by atoms with Crippen LogP contribution in [-0.2, 0) is 31.7 Å². The summed E-state index contributed by atoms with van der Waals surface area (Å²) in [6.45, 7) is 3.67. The molecule has 2 aliphatic carbocycles. The van der Waals surface area contributed by atoms with Crippen molar-refractivity contribution in [3.63, 3.8) is 0 Å². The van der Waals surface area contributed by atoms with Gasteiger partial charge in [0.1, 0.15) is 0 Å². The van der Waals surface area contributed by atoms with Gasteiger partial charge in [0, 0.05) is 25.1 Å². The van der Waals surface area contributed by atoms with E-state index in [1.54, 1.807) is 6.20 Å². The molecule has 0 spiro atoms. The van der Waals surface area contributed by atoms with Gasteiger partial charge in [0.05, 0.1) is 30.3 Å². The number of aromatic nitrogens is 2. The number of sulfone groups is 1. The van der Waals surface area contributed by atoms with Crippen LogP contribution in [0.1, 0.15) is 93.5 Å². The summed E-state index contributed by atoms with van der Waals surface area (Å²) < 4.78 is 35.3. The number of benzene rings is 1. The summed E-state index contributed by atoms with van der Waals surface area (Å²) in [5.74, 6) is 0.184. The van der Waals surface area contributed by atoms with Crippen LogP contribution >= 0.6 is 0 Å². The van der Waals surface area contributed by atoms with E-state index in [1.165, 1.54) is 6.42 Å². The van der Waals surface area contributed by atoms with Crippen molar-refractivity contribution in [2.75, 3.05) is 13.2 Å². The number of ether oxygens (including phenoxy) is 1. The van der Waals surface area contributed by atoms with Crippen LogP contribution in [0.25, 0.3) is 0 Å². The third kappa shape index (κ3) is 6.28. The van der Waals surface area contributed by atoms with Gasteiger partial charge in [-0.05, 0) is 51.0 Å². The van der Waals surface area contributed by atoms with Crippen LogP contribution in [0.2, 0.25) is 0 Å². The SMILES string of the molecule is Cc1cccc(CS(=O)(=O)c2ncc(CN(C[C@@H]3CCCO3)C(=O)C3CCCC3)n2C2CCCCC2)c1. The van der Waals surface area contributed by atoms with E-state index < -0.39 is 9.84 Å². The van der Waals surface area contributed by atoms with Crippen molar-refractivity contribution in [2.45, 2.75) is 107 Å². The van der Waals surface area contributed by atoms with Crippen molar-refractivity contribution < 1.29 is 17.9 Å². The summed E-state index contributed by atoms with van der Waals surface area (Å²) in [6.07, 6.45) is 13.1. The molecule has 0 unspecified atom stereocenters. The molecule has 37 heavy (non-hydrogen) atoms. The fourth-order valence-corrected chi connectivity index (χ4v) is 7.96. The average molecular weight is 528 g/mol. The normalized spacial score (nSPS) is 21.5. The minimum Gasteiger partial charge on any atom is -0.376 e. The van der Waals surface area contributed by atoms with Crippen molar-refractivity contribution in [2.24, 2.45) is 5.92 Å². The van der Waals surface area contributed by atoms with Crippen LogP contribution in [-0.4, -0.2) is 48.0 Å². The van der Waals surface area contributed by atoms with Gasteiger partial charge in [-0.15, -0.1) is 0 Å². The molecule has 2 aromatic rings. The number of hydrogen-bond donors (Lipinski definition) is 0. The Morgan fingerprint density at radius 3 is 2.51 bits per heavy atom. The summed E-state index contributed by atoms with van der Waals surface area (Å²) in [7, 11) is -3.66. The van der Waals surface area contributed by atoms with Crippen molar-refractivity contribution >= 4 is 15.7 Å². The Hall–Kier alpha value is -2.19. The highest BCUT2D eigenvalue weighted by molar-refractivity contribution is 7.90. The first kappa shape index (κ1) is 26.4. The fourth-order valence-electron chi connectivity index (χ4n) is 6.43. The van der Waals surface area contributed by atoms with Gasteiger partial charge < -0.3 is 14.2 Å². The molecule has 1 aromatic heterocycles. The molecule has 2 heterocycles. The van der Waals surface area contributed by atoms with E-state index in [4.69, 9.17) is 4.74 Å². The molecule has 1 aromatic carbocycles. The molecule has 1 aliphatic heterocycles. The molecule has 1 atom stereocenters. The van der Waals surface area contributed by atoms with E-state index in [9.17, 15) is 13.2 Å². The molecule has 0 N–H and O–H groups in total. The zero-order valence-electron chi connectivity index (χ0n) is 22.1. The van der Waals surface area contributed by atoms with E-state index in [1.807, 2.05) is 40.7 Å². The molecule has 2 saturated carbocycles. The number of nitrogens with zero attached hydrogens (tertiary/aromatic N) is 3. The van der Waals surface area contributed by atoms with Crippen molar-refractivity contribution in [1.29, 1.82) is 0 Å². The maximum atomic E-state index is 13.7. The van der Waals surface area contributed by atoms with E-state index in [2.05, 4.69) is 4.98 Å². The highest BCUT2D eigenvalue weighted by Gasteiger charge is 2.33. The number of carbonyl (C=O) groups is 1. The van der Waals surface area contributed by atoms with E-state index in [0.29, 0.717) is 13.1 Å². The van der Waals surface area contributed by atoms with Gasteiger partial charge in [0.2, 0.25) is 20.9 Å². The summed E-state index contributed by atoms with van der Waals surface area (Å²) >= 11 is 0. The molecule has 3 aliphatic rings. The first-order chi connectivity index (χ1) is 17.9. The Kier molecular flexibility index (Phi) is 8.34. The molecular formula is C29H41N3O4S. The van der Waals surface area contributed by atoms with Gasteiger partial charge in [0.15, 0.2) is 0 Å². The standard InChI is InChI=1S/C29H41N3O4S/c1-22-9-7-10-23(17-22)21-37(34,35)29-30-18-26(32(29)25-13-3-2-4-14-25)19-31(20-27-15-8-16-36-27)28(33)24-11-5-6-12-24/h7,9-10,17-18,24-25,27H,2-6,8,11-16,19-21H2,1H3/t27-/m0/s1. The molecule has 8 heteroatoms. The second-order valence-corrected chi connectivity index (χ2v) is 13.2. The van der Waals surface area contributed by atoms with Gasteiger partial charge in [-0.3, -0.25) is 4.79 Å². The third-order valence-electron chi connectivity index (χ3n) is 8.31. The molecular weight excluding hydrogens is 486 g/mol. The predicted molar refractivity (Wildman–Crippen MR) is 143 cm³/mol. The lowest BCUT2D eigenvalue weighted by molar-refractivity contribution is -0.137. The Labute approximate surface area is 221 Å². The number of amides is 1. The quantitative estimate of drug-likeness (QED) is 0.438. The molecule has 0 bridgehead atoms. The number of imidazole rings is 1. The van der Waals surface area contributed by atoms with Crippen LogP contribution in [0.15, 0.2) is 35.6 Å². The molecule has 7 nitrogen and oxygen atoms in total. The number of aryl methyl sites for hydroxylation is 1. The second kappa shape index (κ2) is 11.7. The van der Waals surface area contributed by atoms with Gasteiger partial charge in [-0.1, -0.05) is 61.9 Å². The summed E-state index contributed by atoms with van der Waals surface area (Å²) in [4.78, 5) is 20.1. The number of carbonyl (C=O) groups excluding carboxylic acids is 1. The number of hydrogen-bond acceptors (Lipinski definition) is 5. The lowest BCUT2D eigenvalue weighted by Gasteiger charge is -2.31. The monoisotopic (exact) mass is 527 g/mol. The van der Waals surface area contributed by atoms with E-state index >= 15 is 0 Å². The Balaban J connectivity index is 1.46. The molecule has 202 valence electrons. The maximum absolute atomic E-state index is 13.7. The average Bonchev–Trinajstić information content (AvgIpc) is 3.66. The minimum atomic E-state index is -3.66. The van der Waals surface area contributed by atoms with Crippen molar-refractivity contribution in [1.82, 2.24) is 14.5 Å². The van der Waals surface area contributed by atoms with Crippen molar-refractivity contribution in [3.8, 4) is 0 Å². The fraction of sp³-hybridized carbons (Fsp3) is 0.655. The molecule has 3 fully saturated rings. The first-order valence-corrected chi connectivity index (χ1v) is 15.8. The predicted octanol–water partition coefficient (Wildman–Crippen LogP) is 5.37. The minimum absolute atomic E-state index is 0.0564. The maximum Gasteiger partial charge on any atom is 0.228 e. The molecule has 1 saturated heterocycles. The van der Waals surface area contributed by atoms with Crippen LogP contribution in [0.4, 0.5) is 0 Å². The highest BCUT2D eigenvalue weighted by atomic mass is 32.2. The van der Waals surface area contributed by atoms with Crippen LogP contribution < -0.4 is 0 Å². The zero-order chi connectivity index (χ0) is 25.8. The van der Waals surface area contributed by atoms with E-state index in [0.717, 1.165) is 87.6 Å². The zero-order valence-corrected chi connectivity index (χ0v) is 22.9. The van der Waals surface area contributed by atoms with Gasteiger partial charge in [-0.25, -0.2) is 13.4 Å². The third-order valence-corrected chi connectivity index (χ3v) is 9.89.